The van der Waals surface area contributed by atoms with Crippen molar-refractivity contribution < 1.29 is 13.2 Å². The molecule has 0 aromatic heterocycles. The largest absolute Gasteiger partial charge is 0.336 e. The summed E-state index contributed by atoms with van der Waals surface area (Å²) in [5.41, 5.74) is 1.13. The SMILES string of the molecule is CCC(C)N(CC)C(=O)c1cc(S(N)(=O)=O)ccc1C. The van der Waals surface area contributed by atoms with Crippen molar-refractivity contribution in [2.45, 2.75) is 45.1 Å². The predicted octanol–water partition coefficient (Wildman–Crippen LogP) is 1.90. The third-order valence-electron chi connectivity index (χ3n) is 3.49. The van der Waals surface area contributed by atoms with Gasteiger partial charge in [-0.1, -0.05) is 13.0 Å². The molecule has 1 aromatic carbocycles. The van der Waals surface area contributed by atoms with Gasteiger partial charge in [0.2, 0.25) is 10.0 Å². The lowest BCUT2D eigenvalue weighted by Gasteiger charge is -2.28. The molecule has 0 saturated heterocycles. The highest BCUT2D eigenvalue weighted by molar-refractivity contribution is 7.89. The fraction of sp³-hybridized carbons (Fsp3) is 0.500. The van der Waals surface area contributed by atoms with E-state index in [1.165, 1.54) is 12.1 Å². The first-order valence-corrected chi connectivity index (χ1v) is 8.21. The van der Waals surface area contributed by atoms with Gasteiger partial charge in [-0.05, 0) is 44.9 Å². The van der Waals surface area contributed by atoms with Gasteiger partial charge in [0, 0.05) is 18.2 Å². The van der Waals surface area contributed by atoms with Crippen LogP contribution in [0, 0.1) is 6.92 Å². The molecule has 0 heterocycles. The van der Waals surface area contributed by atoms with Crippen LogP contribution in [0.3, 0.4) is 0 Å². The van der Waals surface area contributed by atoms with Crippen molar-refractivity contribution in [2.24, 2.45) is 5.14 Å². The molecule has 112 valence electrons. The minimum absolute atomic E-state index is 0.0355. The first kappa shape index (κ1) is 16.7. The Hall–Kier alpha value is -1.40. The Bertz CT molecular complexity index is 596. The normalized spacial score (nSPS) is 13.1. The summed E-state index contributed by atoms with van der Waals surface area (Å²) < 4.78 is 22.8. The number of benzene rings is 1. The van der Waals surface area contributed by atoms with Crippen molar-refractivity contribution in [2.75, 3.05) is 6.54 Å². The van der Waals surface area contributed by atoms with Crippen molar-refractivity contribution in [3.63, 3.8) is 0 Å². The standard InChI is InChI=1S/C14H22N2O3S/c1-5-11(4)16(6-2)14(17)13-9-12(20(15,18)19)8-7-10(13)3/h7-9,11H,5-6H2,1-4H3,(H2,15,18,19). The molecule has 1 amide bonds. The third-order valence-corrected chi connectivity index (χ3v) is 4.40. The molecule has 6 heteroatoms. The summed E-state index contributed by atoms with van der Waals surface area (Å²) in [7, 11) is -3.80. The summed E-state index contributed by atoms with van der Waals surface area (Å²) in [4.78, 5) is 14.3. The molecule has 5 nitrogen and oxygen atoms in total. The number of carbonyl (C=O) groups excluding carboxylic acids is 1. The van der Waals surface area contributed by atoms with Gasteiger partial charge in [-0.3, -0.25) is 4.79 Å². The Kier molecular flexibility index (Phi) is 5.30. The van der Waals surface area contributed by atoms with Gasteiger partial charge in [-0.2, -0.15) is 0 Å². The van der Waals surface area contributed by atoms with E-state index in [0.29, 0.717) is 12.1 Å². The molecule has 1 aromatic rings. The number of nitrogens with zero attached hydrogens (tertiary/aromatic N) is 1. The Labute approximate surface area is 120 Å². The van der Waals surface area contributed by atoms with Crippen LogP contribution in [0.4, 0.5) is 0 Å². The fourth-order valence-corrected chi connectivity index (χ4v) is 2.58. The average Bonchev–Trinajstić information content (AvgIpc) is 2.38. The van der Waals surface area contributed by atoms with Gasteiger partial charge < -0.3 is 4.90 Å². The summed E-state index contributed by atoms with van der Waals surface area (Å²) in [5, 5.41) is 5.12. The van der Waals surface area contributed by atoms with Crippen molar-refractivity contribution >= 4 is 15.9 Å². The van der Waals surface area contributed by atoms with Crippen LogP contribution in [0.1, 0.15) is 43.1 Å². The van der Waals surface area contributed by atoms with Crippen LogP contribution in [0.2, 0.25) is 0 Å². The smallest absolute Gasteiger partial charge is 0.254 e. The fourth-order valence-electron chi connectivity index (χ4n) is 2.04. The van der Waals surface area contributed by atoms with Crippen LogP contribution in [-0.2, 0) is 10.0 Å². The number of aryl methyl sites for hydroxylation is 1. The summed E-state index contributed by atoms with van der Waals surface area (Å²) in [5.74, 6) is -0.162. The Morgan fingerprint density at radius 3 is 2.40 bits per heavy atom. The van der Waals surface area contributed by atoms with Crippen molar-refractivity contribution in [1.29, 1.82) is 0 Å². The Morgan fingerprint density at radius 1 is 1.35 bits per heavy atom. The minimum atomic E-state index is -3.80. The van der Waals surface area contributed by atoms with Gasteiger partial charge in [-0.25, -0.2) is 13.6 Å². The van der Waals surface area contributed by atoms with E-state index in [9.17, 15) is 13.2 Å². The van der Waals surface area contributed by atoms with Crippen molar-refractivity contribution in [3.8, 4) is 0 Å². The highest BCUT2D eigenvalue weighted by Gasteiger charge is 2.22. The number of nitrogens with two attached hydrogens (primary N) is 1. The molecule has 0 spiro atoms. The van der Waals surface area contributed by atoms with E-state index < -0.39 is 10.0 Å². The summed E-state index contributed by atoms with van der Waals surface area (Å²) in [6.07, 6.45) is 0.841. The molecule has 0 bridgehead atoms. The van der Waals surface area contributed by atoms with E-state index >= 15 is 0 Å². The molecule has 2 N–H and O–H groups in total. The topological polar surface area (TPSA) is 80.5 Å². The molecular formula is C14H22N2O3S. The van der Waals surface area contributed by atoms with Gasteiger partial charge in [0.15, 0.2) is 0 Å². The average molecular weight is 298 g/mol. The first-order chi connectivity index (χ1) is 9.22. The van der Waals surface area contributed by atoms with Gasteiger partial charge >= 0.3 is 0 Å². The van der Waals surface area contributed by atoms with Crippen LogP contribution in [-0.4, -0.2) is 31.8 Å². The second-order valence-corrected chi connectivity index (χ2v) is 6.43. The van der Waals surface area contributed by atoms with Crippen LogP contribution in [0.5, 0.6) is 0 Å². The molecule has 0 aliphatic rings. The minimum Gasteiger partial charge on any atom is -0.336 e. The quantitative estimate of drug-likeness (QED) is 0.901. The number of sulfonamides is 1. The summed E-state index contributed by atoms with van der Waals surface area (Å²) in [6, 6.07) is 4.49. The first-order valence-electron chi connectivity index (χ1n) is 6.66. The summed E-state index contributed by atoms with van der Waals surface area (Å²) >= 11 is 0. The van der Waals surface area contributed by atoms with Crippen molar-refractivity contribution in [1.82, 2.24) is 4.90 Å². The molecular weight excluding hydrogens is 276 g/mol. The number of hydrogen-bond acceptors (Lipinski definition) is 3. The molecule has 1 unspecified atom stereocenters. The highest BCUT2D eigenvalue weighted by Crippen LogP contribution is 2.18. The van der Waals surface area contributed by atoms with Gasteiger partial charge in [0.05, 0.1) is 4.90 Å². The zero-order chi connectivity index (χ0) is 15.5. The van der Waals surface area contributed by atoms with E-state index in [-0.39, 0.29) is 16.8 Å². The van der Waals surface area contributed by atoms with E-state index in [0.717, 1.165) is 12.0 Å². The molecule has 0 fully saturated rings. The van der Waals surface area contributed by atoms with Crippen LogP contribution in [0.15, 0.2) is 23.1 Å². The molecule has 20 heavy (non-hydrogen) atoms. The second kappa shape index (κ2) is 6.37. The Morgan fingerprint density at radius 2 is 1.95 bits per heavy atom. The highest BCUT2D eigenvalue weighted by atomic mass is 32.2. The zero-order valence-electron chi connectivity index (χ0n) is 12.4. The molecule has 0 radical (unpaired) electrons. The molecule has 0 aliphatic heterocycles. The number of hydrogen-bond donors (Lipinski definition) is 1. The number of rotatable bonds is 5. The van der Waals surface area contributed by atoms with E-state index in [2.05, 4.69) is 0 Å². The molecule has 0 aliphatic carbocycles. The maximum Gasteiger partial charge on any atom is 0.254 e. The lowest BCUT2D eigenvalue weighted by atomic mass is 10.1. The van der Waals surface area contributed by atoms with E-state index in [1.54, 1.807) is 17.9 Å². The van der Waals surface area contributed by atoms with Crippen LogP contribution >= 0.6 is 0 Å². The number of primary sulfonamides is 1. The maximum absolute atomic E-state index is 12.6. The number of amides is 1. The van der Waals surface area contributed by atoms with Gasteiger partial charge in [-0.15, -0.1) is 0 Å². The molecule has 1 rings (SSSR count). The lowest BCUT2D eigenvalue weighted by molar-refractivity contribution is 0.0699. The zero-order valence-corrected chi connectivity index (χ0v) is 13.2. The van der Waals surface area contributed by atoms with E-state index in [1.807, 2.05) is 20.8 Å². The van der Waals surface area contributed by atoms with Gasteiger partial charge in [0.25, 0.3) is 5.91 Å². The summed E-state index contributed by atoms with van der Waals surface area (Å²) in [6.45, 7) is 8.24. The third kappa shape index (κ3) is 3.58. The molecule has 1 atom stereocenters. The maximum atomic E-state index is 12.6. The predicted molar refractivity (Wildman–Crippen MR) is 79.0 cm³/mol. The Balaban J connectivity index is 3.28. The molecule has 0 saturated carbocycles. The van der Waals surface area contributed by atoms with Crippen molar-refractivity contribution in [3.05, 3.63) is 29.3 Å². The number of carbonyl (C=O) groups is 1. The van der Waals surface area contributed by atoms with Crippen LogP contribution < -0.4 is 5.14 Å². The second-order valence-electron chi connectivity index (χ2n) is 4.87. The van der Waals surface area contributed by atoms with Gasteiger partial charge in [0.1, 0.15) is 0 Å². The monoisotopic (exact) mass is 298 g/mol. The lowest BCUT2D eigenvalue weighted by Crippen LogP contribution is -2.38. The van der Waals surface area contributed by atoms with E-state index in [4.69, 9.17) is 5.14 Å². The van der Waals surface area contributed by atoms with Crippen LogP contribution in [0.25, 0.3) is 0 Å².